The third-order valence-corrected chi connectivity index (χ3v) is 26.6. The Morgan fingerprint density at radius 2 is 0.455 bits per heavy atom. The Bertz CT molecular complexity index is 7930. The number of rotatable bonds is 15. The van der Waals surface area contributed by atoms with E-state index >= 15 is 0 Å². The maximum atomic E-state index is 7.95. The van der Waals surface area contributed by atoms with E-state index in [1.165, 1.54) is 66.8 Å². The summed E-state index contributed by atoms with van der Waals surface area (Å²) < 4.78 is 0. The highest BCUT2D eigenvalue weighted by molar-refractivity contribution is 6.00. The highest BCUT2D eigenvalue weighted by Gasteiger charge is 2.52. The van der Waals surface area contributed by atoms with Gasteiger partial charge in [0.2, 0.25) is 0 Å². The zero-order valence-electron chi connectivity index (χ0n) is 71.9. The summed E-state index contributed by atoms with van der Waals surface area (Å²) in [4.78, 5) is 28.5. The molecular weight excluding hydrogens is 1600 g/mol. The van der Waals surface area contributed by atoms with Crippen LogP contribution in [-0.4, -0.2) is 19.9 Å². The van der Waals surface area contributed by atoms with Gasteiger partial charge in [0.25, 0.3) is 0 Å². The minimum atomic E-state index is -0.540. The molecule has 3 aliphatic rings. The highest BCUT2D eigenvalue weighted by atomic mass is 14.9. The maximum absolute atomic E-state index is 7.95. The van der Waals surface area contributed by atoms with Crippen LogP contribution in [0.2, 0.25) is 0 Å². The summed E-state index contributed by atoms with van der Waals surface area (Å²) in [7, 11) is 0. The van der Waals surface area contributed by atoms with Gasteiger partial charge in [0.05, 0.1) is 46.7 Å². The van der Waals surface area contributed by atoms with Crippen LogP contribution in [-0.2, 0) is 10.8 Å². The summed E-state index contributed by atoms with van der Waals surface area (Å²) >= 11 is 0. The molecule has 0 radical (unpaired) electrons. The van der Waals surface area contributed by atoms with E-state index in [0.717, 1.165) is 145 Å². The largest absolute Gasteiger partial charge is 0.238 e. The third-order valence-electron chi connectivity index (χ3n) is 26.6. The van der Waals surface area contributed by atoms with Gasteiger partial charge in [0.1, 0.15) is 0 Å². The van der Waals surface area contributed by atoms with Crippen molar-refractivity contribution in [3.05, 3.63) is 553 Å². The molecule has 1 spiro atoms. The van der Waals surface area contributed by atoms with Crippen molar-refractivity contribution in [2.24, 2.45) is 0 Å². The first-order chi connectivity index (χ1) is 65.3. The van der Waals surface area contributed by atoms with Crippen molar-refractivity contribution in [2.45, 2.75) is 10.8 Å². The second-order valence-electron chi connectivity index (χ2n) is 33.9. The predicted molar refractivity (Wildman–Crippen MR) is 541 cm³/mol. The lowest BCUT2D eigenvalue weighted by molar-refractivity contribution is 0.769. The summed E-state index contributed by atoms with van der Waals surface area (Å²) in [6, 6.07) is 172. The fourth-order valence-corrected chi connectivity index (χ4v) is 20.4. The molecule has 2 heterocycles. The summed E-state index contributed by atoms with van der Waals surface area (Å²) in [5.74, 6) is 1.36. The average molecular weight is 1680 g/mol. The van der Waals surface area contributed by atoms with Crippen molar-refractivity contribution in [1.82, 2.24) is 19.9 Å². The van der Waals surface area contributed by atoms with Crippen LogP contribution in [0.4, 0.5) is 11.4 Å². The van der Waals surface area contributed by atoms with Crippen molar-refractivity contribution >= 4 is 11.4 Å². The fraction of sp³-hybridized carbons (Fsp3) is 0.0159. The van der Waals surface area contributed by atoms with Crippen LogP contribution in [0.25, 0.3) is 189 Å². The molecule has 6 heteroatoms. The molecule has 0 aliphatic heterocycles. The van der Waals surface area contributed by atoms with E-state index < -0.39 is 10.8 Å². The van der Waals surface area contributed by atoms with Gasteiger partial charge < -0.3 is 0 Å². The number of benzene rings is 19. The van der Waals surface area contributed by atoms with Crippen LogP contribution in [0.3, 0.4) is 0 Å². The lowest BCUT2D eigenvalue weighted by atomic mass is 9.67. The summed E-state index contributed by atoms with van der Waals surface area (Å²) in [6.07, 6.45) is 0. The van der Waals surface area contributed by atoms with Gasteiger partial charge in [-0.1, -0.05) is 437 Å². The standard InChI is InChI=1S/C66H41N3.C60H39N3/c1-67-54-34-36-62-58(41-54)57-40-50(33-35-61(57)66(62)59-23-13-11-21-55(59)56-22-12-14-24-60(56)66)47-27-25-45(26-28-47)46-29-31-48(32-30-46)63-42-64(69-65(68-63)49-19-9-4-10-20-49)53-38-51(43-15-5-2-6-16-43)37-52(39-53)44-17-7-3-8-18-44;1-61-49-37-38-54-53(39-49)58-51(27-16-28-55(58)60(54,47-21-10-4-11-22-47)48-23-12-5-13-24-48)44-33-29-41(30-34-44)42-31-35-46(36-32-42)59-62-56(45-19-8-3-9-20-45)40-57(63-59)52-26-15-14-25-50(52)43-17-6-2-7-18-43/h2-42H;2-40H. The molecule has 0 saturated heterocycles. The smallest absolute Gasteiger partial charge is 0.187 e. The summed E-state index contributed by atoms with van der Waals surface area (Å²) in [5, 5.41) is 0. The van der Waals surface area contributed by atoms with Gasteiger partial charge in [-0.25, -0.2) is 29.6 Å². The van der Waals surface area contributed by atoms with Gasteiger partial charge in [-0.2, -0.15) is 0 Å². The lowest BCUT2D eigenvalue weighted by Gasteiger charge is -2.34. The van der Waals surface area contributed by atoms with Crippen LogP contribution >= 0.6 is 0 Å². The van der Waals surface area contributed by atoms with Crippen molar-refractivity contribution in [1.29, 1.82) is 0 Å². The molecular formula is C126H80N6. The first kappa shape index (κ1) is 79.0. The summed E-state index contributed by atoms with van der Waals surface area (Å²) in [5.41, 5.74) is 42.8. The Kier molecular flexibility index (Phi) is 20.1. The van der Waals surface area contributed by atoms with Gasteiger partial charge in [0.15, 0.2) is 23.0 Å². The Morgan fingerprint density at radius 1 is 0.159 bits per heavy atom. The Labute approximate surface area is 768 Å². The maximum Gasteiger partial charge on any atom is 0.187 e. The molecule has 0 fully saturated rings. The fourth-order valence-electron chi connectivity index (χ4n) is 20.4. The van der Waals surface area contributed by atoms with Gasteiger partial charge in [-0.15, -0.1) is 0 Å². The zero-order valence-corrected chi connectivity index (χ0v) is 71.9. The molecule has 0 unspecified atom stereocenters. The monoisotopic (exact) mass is 1680 g/mol. The SMILES string of the molecule is [C-]#[N+]c1ccc2c(c1)-c1c(-c3ccc(-c4ccc(-c5nc(-c6ccccc6)cc(-c6ccccc6-c6ccccc6)n5)cc4)cc3)cccc1C2(c1ccccc1)c1ccccc1.[C-]#[N+]c1ccc2c(c1)-c1cc(-c3ccc(-c4ccc(-c5cc(-c6cc(-c7ccccc7)cc(-c7ccccc7)c6)nc(-c6ccccc6)n5)cc4)cc3)ccc1C21c2ccccc2-c2ccccc21. The molecule has 0 N–H and O–H groups in total. The van der Waals surface area contributed by atoms with Gasteiger partial charge in [-0.3, -0.25) is 0 Å². The molecule has 2 aromatic heterocycles. The van der Waals surface area contributed by atoms with Crippen LogP contribution in [0.1, 0.15) is 44.5 Å². The quantitative estimate of drug-likeness (QED) is 0.0960. The molecule has 0 saturated carbocycles. The van der Waals surface area contributed by atoms with Crippen molar-refractivity contribution in [3.63, 3.8) is 0 Å². The molecule has 21 aromatic rings. The Hall–Kier alpha value is -17.7. The van der Waals surface area contributed by atoms with E-state index in [1.807, 2.05) is 54.6 Å². The lowest BCUT2D eigenvalue weighted by Crippen LogP contribution is -2.28. The average Bonchev–Trinajstić information content (AvgIpc) is 1.51. The van der Waals surface area contributed by atoms with Gasteiger partial charge in [0, 0.05) is 33.4 Å². The topological polar surface area (TPSA) is 60.3 Å². The van der Waals surface area contributed by atoms with E-state index in [0.29, 0.717) is 23.0 Å². The minimum absolute atomic E-state index is 0.442. The first-order valence-corrected chi connectivity index (χ1v) is 44.7. The Balaban J connectivity index is 0.000000150. The molecule has 0 amide bonds. The molecule has 3 aliphatic carbocycles. The second-order valence-corrected chi connectivity index (χ2v) is 33.9. The normalized spacial score (nSPS) is 12.3. The van der Waals surface area contributed by atoms with E-state index in [4.69, 9.17) is 33.1 Å². The van der Waals surface area contributed by atoms with Crippen LogP contribution in [0, 0.1) is 13.1 Å². The van der Waals surface area contributed by atoms with Crippen molar-refractivity contribution < 1.29 is 0 Å². The predicted octanol–water partition coefficient (Wildman–Crippen LogP) is 32.4. The number of hydrogen-bond acceptors (Lipinski definition) is 4. The number of aromatic nitrogens is 4. The molecule has 614 valence electrons. The molecule has 6 nitrogen and oxygen atoms in total. The summed E-state index contributed by atoms with van der Waals surface area (Å²) in [6.45, 7) is 15.9. The van der Waals surface area contributed by atoms with Crippen LogP contribution in [0.15, 0.2) is 485 Å². The molecule has 0 bridgehead atoms. The van der Waals surface area contributed by atoms with E-state index in [1.54, 1.807) is 0 Å². The number of hydrogen-bond donors (Lipinski definition) is 0. The minimum Gasteiger partial charge on any atom is -0.238 e. The highest BCUT2D eigenvalue weighted by Crippen LogP contribution is 2.64. The molecule has 132 heavy (non-hydrogen) atoms. The van der Waals surface area contributed by atoms with Crippen molar-refractivity contribution in [2.75, 3.05) is 0 Å². The number of fused-ring (bicyclic) bond motifs is 13. The zero-order chi connectivity index (χ0) is 88.1. The number of nitrogens with zero attached hydrogens (tertiary/aromatic N) is 6. The molecule has 19 aromatic carbocycles. The van der Waals surface area contributed by atoms with Crippen molar-refractivity contribution in [3.8, 4) is 179 Å². The Morgan fingerprint density at radius 3 is 0.955 bits per heavy atom. The van der Waals surface area contributed by atoms with E-state index in [2.05, 4.69) is 440 Å². The van der Waals surface area contributed by atoms with Gasteiger partial charge >= 0.3 is 0 Å². The molecule has 24 rings (SSSR count). The molecule has 0 atom stereocenters. The van der Waals surface area contributed by atoms with Crippen LogP contribution < -0.4 is 0 Å². The van der Waals surface area contributed by atoms with E-state index in [-0.39, 0.29) is 0 Å². The van der Waals surface area contributed by atoms with Gasteiger partial charge in [-0.05, 0) is 204 Å². The second kappa shape index (κ2) is 33.6. The van der Waals surface area contributed by atoms with E-state index in [9.17, 15) is 0 Å². The third kappa shape index (κ3) is 13.9. The van der Waals surface area contributed by atoms with Crippen LogP contribution in [0.5, 0.6) is 0 Å². The first-order valence-electron chi connectivity index (χ1n) is 44.7.